The molecule has 0 aromatic carbocycles. The van der Waals surface area contributed by atoms with Gasteiger partial charge in [0.2, 0.25) is 0 Å². The molecule has 8 heteroatoms. The number of hydrogen-bond acceptors (Lipinski definition) is 5. The van der Waals surface area contributed by atoms with E-state index in [1.165, 1.54) is 0 Å². The summed E-state index contributed by atoms with van der Waals surface area (Å²) in [6.07, 6.45) is 0.444. The molecule has 0 bridgehead atoms. The van der Waals surface area contributed by atoms with E-state index in [9.17, 15) is 13.2 Å². The molecule has 0 amide bonds. The van der Waals surface area contributed by atoms with E-state index in [0.717, 1.165) is 30.7 Å². The van der Waals surface area contributed by atoms with Gasteiger partial charge in [-0.1, -0.05) is 6.58 Å². The van der Waals surface area contributed by atoms with Gasteiger partial charge in [0.05, 0.1) is 45.5 Å². The van der Waals surface area contributed by atoms with Crippen molar-refractivity contribution < 1.29 is 27.0 Å². The van der Waals surface area contributed by atoms with E-state index < -0.39 is 10.1 Å². The molecule has 1 fully saturated rings. The Balaban J connectivity index is 2.30. The lowest BCUT2D eigenvalue weighted by Gasteiger charge is -2.41. The van der Waals surface area contributed by atoms with Crippen LogP contribution in [0.2, 0.25) is 0 Å². The van der Waals surface area contributed by atoms with E-state index in [0.29, 0.717) is 18.5 Å². The van der Waals surface area contributed by atoms with Gasteiger partial charge >= 0.3 is 5.97 Å². The van der Waals surface area contributed by atoms with Crippen molar-refractivity contribution in [1.29, 1.82) is 0 Å². The molecule has 1 heterocycles. The molecular formula is C13H25N2O5S+. The van der Waals surface area contributed by atoms with Crippen LogP contribution in [0.4, 0.5) is 0 Å². The molecule has 1 saturated heterocycles. The van der Waals surface area contributed by atoms with Crippen molar-refractivity contribution in [3.63, 3.8) is 0 Å². The summed E-state index contributed by atoms with van der Waals surface area (Å²) in [5.41, 5.74) is 0.387. The highest BCUT2D eigenvalue weighted by Crippen LogP contribution is 2.11. The topological polar surface area (TPSA) is 83.9 Å². The molecule has 0 atom stereocenters. The summed E-state index contributed by atoms with van der Waals surface area (Å²) >= 11 is 0. The highest BCUT2D eigenvalue weighted by atomic mass is 32.2. The first-order chi connectivity index (χ1) is 9.61. The Morgan fingerprint density at radius 2 is 1.95 bits per heavy atom. The van der Waals surface area contributed by atoms with E-state index in [2.05, 4.69) is 13.6 Å². The molecule has 1 aliphatic heterocycles. The third-order valence-corrected chi connectivity index (χ3v) is 4.54. The maximum Gasteiger partial charge on any atom is 0.334 e. The molecule has 1 N–H and O–H groups in total. The smallest absolute Gasteiger partial charge is 0.334 e. The Hall–Kier alpha value is -0.960. The van der Waals surface area contributed by atoms with E-state index in [1.807, 2.05) is 4.90 Å². The maximum atomic E-state index is 11.3. The van der Waals surface area contributed by atoms with Crippen molar-refractivity contribution in [1.82, 2.24) is 4.90 Å². The minimum atomic E-state index is -3.87. The predicted molar refractivity (Wildman–Crippen MR) is 79.2 cm³/mol. The maximum absolute atomic E-state index is 11.3. The second kappa shape index (κ2) is 7.35. The van der Waals surface area contributed by atoms with Crippen LogP contribution in [0.15, 0.2) is 12.2 Å². The van der Waals surface area contributed by atoms with Gasteiger partial charge in [-0.2, -0.15) is 8.42 Å². The third-order valence-electron chi connectivity index (χ3n) is 3.74. The quantitative estimate of drug-likeness (QED) is 0.310. The highest BCUT2D eigenvalue weighted by Gasteiger charge is 2.29. The van der Waals surface area contributed by atoms with Gasteiger partial charge < -0.3 is 9.22 Å². The van der Waals surface area contributed by atoms with Crippen molar-refractivity contribution in [2.45, 2.75) is 13.3 Å². The van der Waals surface area contributed by atoms with E-state index in [1.54, 1.807) is 6.92 Å². The van der Waals surface area contributed by atoms with Crippen molar-refractivity contribution in [2.75, 3.05) is 52.3 Å². The van der Waals surface area contributed by atoms with Crippen LogP contribution in [0.5, 0.6) is 0 Å². The van der Waals surface area contributed by atoms with Gasteiger partial charge in [-0.15, -0.1) is 0 Å². The monoisotopic (exact) mass is 321 g/mol. The Morgan fingerprint density at radius 3 is 2.43 bits per heavy atom. The first-order valence-corrected chi connectivity index (χ1v) is 8.56. The normalized spacial score (nSPS) is 19.2. The molecule has 1 rings (SSSR count). The summed E-state index contributed by atoms with van der Waals surface area (Å²) in [4.78, 5) is 13.4. The predicted octanol–water partition coefficient (Wildman–Crippen LogP) is 0.103. The molecule has 122 valence electrons. The summed E-state index contributed by atoms with van der Waals surface area (Å²) in [5, 5.41) is 0. The SMILES string of the molecule is C=C(C)C(=O)OCN1CC[N+](C)(CCCS(=O)(=O)O)CC1. The Labute approximate surface area is 126 Å². The van der Waals surface area contributed by atoms with Crippen molar-refractivity contribution in [3.8, 4) is 0 Å². The summed E-state index contributed by atoms with van der Waals surface area (Å²) in [7, 11) is -1.80. The first kappa shape index (κ1) is 18.1. The zero-order valence-corrected chi connectivity index (χ0v) is 13.6. The van der Waals surface area contributed by atoms with Gasteiger partial charge in [-0.3, -0.25) is 9.45 Å². The molecule has 0 aliphatic carbocycles. The molecule has 0 saturated carbocycles. The van der Waals surface area contributed by atoms with E-state index in [-0.39, 0.29) is 18.5 Å². The molecule has 1 aliphatic rings. The molecule has 0 aromatic rings. The second-order valence-corrected chi connectivity index (χ2v) is 7.46. The number of hydrogen-bond donors (Lipinski definition) is 1. The number of ether oxygens (including phenoxy) is 1. The van der Waals surface area contributed by atoms with Crippen LogP contribution in [0.1, 0.15) is 13.3 Å². The average Bonchev–Trinajstić information content (AvgIpc) is 2.36. The number of carbonyl (C=O) groups is 1. The lowest BCUT2D eigenvalue weighted by molar-refractivity contribution is -0.913. The highest BCUT2D eigenvalue weighted by molar-refractivity contribution is 7.85. The van der Waals surface area contributed by atoms with Gasteiger partial charge in [0.25, 0.3) is 10.1 Å². The van der Waals surface area contributed by atoms with Gasteiger partial charge in [0, 0.05) is 12.0 Å². The van der Waals surface area contributed by atoms with Crippen LogP contribution >= 0.6 is 0 Å². The fraction of sp³-hybridized carbons (Fsp3) is 0.769. The Bertz CT molecular complexity index is 481. The van der Waals surface area contributed by atoms with Crippen LogP contribution in [-0.2, 0) is 19.6 Å². The second-order valence-electron chi connectivity index (χ2n) is 5.89. The Kier molecular flexibility index (Phi) is 6.33. The number of likely N-dealkylation sites (N-methyl/N-ethyl adjacent to an activating group) is 1. The zero-order chi connectivity index (χ0) is 16.1. The van der Waals surface area contributed by atoms with Gasteiger partial charge in [0.1, 0.15) is 6.73 Å². The number of quaternary nitrogens is 1. The van der Waals surface area contributed by atoms with Crippen LogP contribution in [-0.4, -0.2) is 80.6 Å². The molecule has 7 nitrogen and oxygen atoms in total. The summed E-state index contributed by atoms with van der Waals surface area (Å²) in [5.74, 6) is -0.577. The first-order valence-electron chi connectivity index (χ1n) is 6.95. The molecule has 0 spiro atoms. The number of esters is 1. The van der Waals surface area contributed by atoms with Crippen LogP contribution in [0.25, 0.3) is 0 Å². The molecule has 21 heavy (non-hydrogen) atoms. The van der Waals surface area contributed by atoms with Crippen molar-refractivity contribution >= 4 is 16.1 Å². The fourth-order valence-corrected chi connectivity index (χ4v) is 2.74. The number of rotatable bonds is 7. The van der Waals surface area contributed by atoms with E-state index >= 15 is 0 Å². The van der Waals surface area contributed by atoms with Gasteiger partial charge in [-0.05, 0) is 6.92 Å². The molecule has 0 radical (unpaired) electrons. The van der Waals surface area contributed by atoms with E-state index in [4.69, 9.17) is 9.29 Å². The lowest BCUT2D eigenvalue weighted by atomic mass is 10.2. The summed E-state index contributed by atoms with van der Waals surface area (Å²) < 4.78 is 36.0. The average molecular weight is 321 g/mol. The molecular weight excluding hydrogens is 296 g/mol. The van der Waals surface area contributed by atoms with Crippen LogP contribution < -0.4 is 0 Å². The molecule has 0 aromatic heterocycles. The number of piperazine rings is 1. The van der Waals surface area contributed by atoms with Crippen molar-refractivity contribution in [2.24, 2.45) is 0 Å². The van der Waals surface area contributed by atoms with Crippen molar-refractivity contribution in [3.05, 3.63) is 12.2 Å². The summed E-state index contributed by atoms with van der Waals surface area (Å²) in [6, 6.07) is 0. The van der Waals surface area contributed by atoms with Gasteiger partial charge in [0.15, 0.2) is 0 Å². The zero-order valence-electron chi connectivity index (χ0n) is 12.7. The molecule has 0 unspecified atom stereocenters. The minimum Gasteiger partial charge on any atom is -0.446 e. The van der Waals surface area contributed by atoms with Gasteiger partial charge in [-0.25, -0.2) is 4.79 Å². The summed E-state index contributed by atoms with van der Waals surface area (Å²) in [6.45, 7) is 9.39. The lowest BCUT2D eigenvalue weighted by Crippen LogP contribution is -2.58. The fourth-order valence-electron chi connectivity index (χ4n) is 2.24. The van der Waals surface area contributed by atoms with Crippen LogP contribution in [0, 0.1) is 0 Å². The Morgan fingerprint density at radius 1 is 1.38 bits per heavy atom. The third kappa shape index (κ3) is 7.03. The largest absolute Gasteiger partial charge is 0.446 e. The van der Waals surface area contributed by atoms with Crippen LogP contribution in [0.3, 0.4) is 0 Å². The minimum absolute atomic E-state index is 0.194. The number of carbonyl (C=O) groups excluding carboxylic acids is 1. The standard InChI is InChI=1S/C13H24N2O5S/c1-12(2)13(16)20-11-14-5-8-15(3,9-6-14)7-4-10-21(17,18)19/h1,4-11H2,2-3H3/p+1. The number of nitrogens with zero attached hydrogens (tertiary/aromatic N) is 2.